The van der Waals surface area contributed by atoms with E-state index in [1.54, 1.807) is 12.1 Å². The van der Waals surface area contributed by atoms with Crippen molar-refractivity contribution in [1.82, 2.24) is 4.98 Å². The van der Waals surface area contributed by atoms with Gasteiger partial charge >= 0.3 is 0 Å². The average molecular weight is 223 g/mol. The summed E-state index contributed by atoms with van der Waals surface area (Å²) in [7, 11) is 0. The van der Waals surface area contributed by atoms with Crippen LogP contribution in [-0.2, 0) is 4.74 Å². The fraction of sp³-hybridized carbons (Fsp3) is 0.400. The van der Waals surface area contributed by atoms with Gasteiger partial charge in [-0.3, -0.25) is 0 Å². The van der Waals surface area contributed by atoms with Gasteiger partial charge in [0.05, 0.1) is 18.8 Å². The van der Waals surface area contributed by atoms with E-state index in [1.807, 2.05) is 6.92 Å². The predicted octanol–water partition coefficient (Wildman–Crippen LogP) is 0.262. The van der Waals surface area contributed by atoms with E-state index in [0.717, 1.165) is 5.69 Å². The van der Waals surface area contributed by atoms with E-state index < -0.39 is 0 Å². The SMILES string of the molecule is Cc1ccc(/C(N)=N/O)c(OC2COC2)n1. The molecular weight excluding hydrogens is 210 g/mol. The van der Waals surface area contributed by atoms with Crippen molar-refractivity contribution in [2.75, 3.05) is 13.2 Å². The molecule has 0 aliphatic carbocycles. The lowest BCUT2D eigenvalue weighted by atomic mass is 10.2. The van der Waals surface area contributed by atoms with Crippen LogP contribution in [0.5, 0.6) is 5.88 Å². The minimum absolute atomic E-state index is 0.000423. The summed E-state index contributed by atoms with van der Waals surface area (Å²) in [6.07, 6.45) is -0.000423. The van der Waals surface area contributed by atoms with Gasteiger partial charge in [0.1, 0.15) is 6.10 Å². The molecule has 6 heteroatoms. The summed E-state index contributed by atoms with van der Waals surface area (Å²) < 4.78 is 10.6. The van der Waals surface area contributed by atoms with Crippen molar-refractivity contribution < 1.29 is 14.7 Å². The van der Waals surface area contributed by atoms with E-state index in [4.69, 9.17) is 20.4 Å². The van der Waals surface area contributed by atoms with Crippen molar-refractivity contribution >= 4 is 5.84 Å². The van der Waals surface area contributed by atoms with Crippen LogP contribution in [-0.4, -0.2) is 35.3 Å². The lowest BCUT2D eigenvalue weighted by Gasteiger charge is -2.26. The molecule has 2 heterocycles. The zero-order valence-corrected chi connectivity index (χ0v) is 8.88. The first-order chi connectivity index (χ1) is 7.70. The molecule has 1 aliphatic rings. The molecule has 0 atom stereocenters. The second kappa shape index (κ2) is 4.36. The lowest BCUT2D eigenvalue weighted by molar-refractivity contribution is -0.0814. The number of aromatic nitrogens is 1. The molecule has 0 saturated carbocycles. The maximum Gasteiger partial charge on any atom is 0.225 e. The number of ether oxygens (including phenoxy) is 2. The lowest BCUT2D eigenvalue weighted by Crippen LogP contribution is -2.39. The van der Waals surface area contributed by atoms with Crippen LogP contribution in [0.15, 0.2) is 17.3 Å². The Labute approximate surface area is 92.7 Å². The van der Waals surface area contributed by atoms with Gasteiger partial charge < -0.3 is 20.4 Å². The maximum atomic E-state index is 8.64. The summed E-state index contributed by atoms with van der Waals surface area (Å²) in [5.74, 6) is 0.367. The molecule has 2 rings (SSSR count). The Kier molecular flexibility index (Phi) is 2.91. The van der Waals surface area contributed by atoms with Crippen LogP contribution >= 0.6 is 0 Å². The van der Waals surface area contributed by atoms with Gasteiger partial charge in [-0.1, -0.05) is 5.16 Å². The minimum atomic E-state index is -0.0114. The van der Waals surface area contributed by atoms with Crippen molar-refractivity contribution in [3.63, 3.8) is 0 Å². The Morgan fingerprint density at radius 3 is 2.94 bits per heavy atom. The van der Waals surface area contributed by atoms with Gasteiger partial charge in [-0.15, -0.1) is 0 Å². The van der Waals surface area contributed by atoms with E-state index in [-0.39, 0.29) is 11.9 Å². The van der Waals surface area contributed by atoms with Crippen LogP contribution in [0.3, 0.4) is 0 Å². The predicted molar refractivity (Wildman–Crippen MR) is 56.7 cm³/mol. The van der Waals surface area contributed by atoms with E-state index in [2.05, 4.69) is 10.1 Å². The Morgan fingerprint density at radius 1 is 1.62 bits per heavy atom. The minimum Gasteiger partial charge on any atom is -0.469 e. The van der Waals surface area contributed by atoms with Crippen LogP contribution in [0.4, 0.5) is 0 Å². The summed E-state index contributed by atoms with van der Waals surface area (Å²) in [4.78, 5) is 4.21. The molecule has 0 radical (unpaired) electrons. The Balaban J connectivity index is 2.28. The highest BCUT2D eigenvalue weighted by Crippen LogP contribution is 2.19. The second-order valence-corrected chi connectivity index (χ2v) is 3.57. The molecule has 86 valence electrons. The highest BCUT2D eigenvalue weighted by molar-refractivity contribution is 5.99. The third kappa shape index (κ3) is 2.06. The molecule has 0 aromatic carbocycles. The van der Waals surface area contributed by atoms with Gasteiger partial charge in [0.2, 0.25) is 5.88 Å². The van der Waals surface area contributed by atoms with E-state index >= 15 is 0 Å². The zero-order chi connectivity index (χ0) is 11.5. The molecule has 6 nitrogen and oxygen atoms in total. The third-order valence-electron chi connectivity index (χ3n) is 2.27. The van der Waals surface area contributed by atoms with Gasteiger partial charge in [-0.2, -0.15) is 0 Å². The summed E-state index contributed by atoms with van der Waals surface area (Å²) in [6.45, 7) is 2.94. The maximum absolute atomic E-state index is 8.64. The second-order valence-electron chi connectivity index (χ2n) is 3.57. The Hall–Kier alpha value is -1.82. The van der Waals surface area contributed by atoms with Crippen LogP contribution in [0, 0.1) is 6.92 Å². The first-order valence-electron chi connectivity index (χ1n) is 4.90. The molecule has 16 heavy (non-hydrogen) atoms. The van der Waals surface area contributed by atoms with Crippen LogP contribution in [0.1, 0.15) is 11.3 Å². The first-order valence-corrected chi connectivity index (χ1v) is 4.90. The Bertz CT molecular complexity index is 416. The van der Waals surface area contributed by atoms with Gasteiger partial charge in [-0.25, -0.2) is 4.98 Å². The third-order valence-corrected chi connectivity index (χ3v) is 2.27. The monoisotopic (exact) mass is 223 g/mol. The molecule has 1 aliphatic heterocycles. The fourth-order valence-electron chi connectivity index (χ4n) is 1.31. The van der Waals surface area contributed by atoms with Gasteiger partial charge in [0.15, 0.2) is 5.84 Å². The first kappa shape index (κ1) is 10.7. The molecule has 3 N–H and O–H groups in total. The van der Waals surface area contributed by atoms with Crippen molar-refractivity contribution in [2.45, 2.75) is 13.0 Å². The average Bonchev–Trinajstić information content (AvgIpc) is 2.22. The van der Waals surface area contributed by atoms with Crippen LogP contribution in [0.2, 0.25) is 0 Å². The number of amidine groups is 1. The number of pyridine rings is 1. The number of nitrogens with two attached hydrogens (primary N) is 1. The number of nitrogens with zero attached hydrogens (tertiary/aromatic N) is 2. The van der Waals surface area contributed by atoms with E-state index in [9.17, 15) is 0 Å². The molecule has 0 spiro atoms. The number of oxime groups is 1. The standard InChI is InChI=1S/C10H13N3O3/c1-6-2-3-8(9(11)13-14)10(12-6)16-7-4-15-5-7/h2-3,7,14H,4-5H2,1H3,(H2,11,13). The normalized spacial score (nSPS) is 16.9. The molecule has 0 amide bonds. The Morgan fingerprint density at radius 2 is 2.38 bits per heavy atom. The molecule has 1 fully saturated rings. The van der Waals surface area contributed by atoms with Gasteiger partial charge in [0, 0.05) is 5.69 Å². The van der Waals surface area contributed by atoms with Crippen molar-refractivity contribution in [3.05, 3.63) is 23.4 Å². The smallest absolute Gasteiger partial charge is 0.225 e. The molecule has 1 aromatic rings. The number of aryl methyl sites for hydroxylation is 1. The topological polar surface area (TPSA) is 90.0 Å². The van der Waals surface area contributed by atoms with Crippen molar-refractivity contribution in [1.29, 1.82) is 0 Å². The van der Waals surface area contributed by atoms with Crippen LogP contribution < -0.4 is 10.5 Å². The van der Waals surface area contributed by atoms with E-state index in [0.29, 0.717) is 24.7 Å². The zero-order valence-electron chi connectivity index (χ0n) is 8.88. The molecule has 0 bridgehead atoms. The molecule has 1 saturated heterocycles. The summed E-state index contributed by atoms with van der Waals surface area (Å²) in [5.41, 5.74) is 6.83. The number of hydrogen-bond acceptors (Lipinski definition) is 5. The summed E-state index contributed by atoms with van der Waals surface area (Å²) in [6, 6.07) is 3.49. The summed E-state index contributed by atoms with van der Waals surface area (Å²) >= 11 is 0. The number of rotatable bonds is 3. The number of hydrogen-bond donors (Lipinski definition) is 2. The highest BCUT2D eigenvalue weighted by atomic mass is 16.6. The van der Waals surface area contributed by atoms with Gasteiger partial charge in [0.25, 0.3) is 0 Å². The van der Waals surface area contributed by atoms with Crippen molar-refractivity contribution in [2.24, 2.45) is 10.9 Å². The fourth-order valence-corrected chi connectivity index (χ4v) is 1.31. The highest BCUT2D eigenvalue weighted by Gasteiger charge is 2.23. The molecule has 0 unspecified atom stereocenters. The molecular formula is C10H13N3O3. The molecule has 1 aromatic heterocycles. The quantitative estimate of drug-likeness (QED) is 0.332. The van der Waals surface area contributed by atoms with Crippen LogP contribution in [0.25, 0.3) is 0 Å². The summed E-state index contributed by atoms with van der Waals surface area (Å²) in [5, 5.41) is 11.6. The van der Waals surface area contributed by atoms with E-state index in [1.165, 1.54) is 0 Å². The van der Waals surface area contributed by atoms with Crippen molar-refractivity contribution in [3.8, 4) is 5.88 Å². The largest absolute Gasteiger partial charge is 0.469 e. The van der Waals surface area contributed by atoms with Gasteiger partial charge in [-0.05, 0) is 19.1 Å².